The maximum Gasteiger partial charge on any atom is 0.319 e. The van der Waals surface area contributed by atoms with Crippen LogP contribution in [0.25, 0.3) is 10.9 Å². The summed E-state index contributed by atoms with van der Waals surface area (Å²) < 4.78 is 0. The number of urea groups is 1. The molecule has 0 unspecified atom stereocenters. The minimum Gasteiger partial charge on any atom is -0.392 e. The van der Waals surface area contributed by atoms with Gasteiger partial charge in [-0.15, -0.1) is 0 Å². The van der Waals surface area contributed by atoms with E-state index in [0.29, 0.717) is 5.69 Å². The Balaban J connectivity index is 2.14. The Labute approximate surface area is 105 Å². The van der Waals surface area contributed by atoms with Gasteiger partial charge >= 0.3 is 6.03 Å². The first-order chi connectivity index (χ1) is 8.66. The number of para-hydroxylation sites is 1. The molecule has 5 nitrogen and oxygen atoms in total. The summed E-state index contributed by atoms with van der Waals surface area (Å²) in [4.78, 5) is 15.8. The van der Waals surface area contributed by atoms with Crippen LogP contribution in [0, 0.1) is 0 Å². The first-order valence-electron chi connectivity index (χ1n) is 5.73. The fourth-order valence-corrected chi connectivity index (χ4v) is 1.61. The van der Waals surface area contributed by atoms with Crippen LogP contribution in [0.5, 0.6) is 0 Å². The van der Waals surface area contributed by atoms with Crippen molar-refractivity contribution in [2.24, 2.45) is 0 Å². The number of nitrogens with one attached hydrogen (secondary N) is 2. The van der Waals surface area contributed by atoms with Gasteiger partial charge in [0.2, 0.25) is 0 Å². The number of aromatic nitrogens is 1. The average Bonchev–Trinajstić information content (AvgIpc) is 2.37. The second-order valence-corrected chi connectivity index (χ2v) is 4.06. The lowest BCUT2D eigenvalue weighted by atomic mass is 10.2. The van der Waals surface area contributed by atoms with E-state index in [1.54, 1.807) is 19.2 Å². The van der Waals surface area contributed by atoms with Gasteiger partial charge in [-0.2, -0.15) is 0 Å². The number of nitrogens with zero attached hydrogens (tertiary/aromatic N) is 1. The van der Waals surface area contributed by atoms with Crippen LogP contribution < -0.4 is 10.6 Å². The Hall–Kier alpha value is -2.14. The van der Waals surface area contributed by atoms with Gasteiger partial charge in [0.15, 0.2) is 0 Å². The number of rotatable bonds is 3. The number of hydrogen-bond acceptors (Lipinski definition) is 3. The van der Waals surface area contributed by atoms with Crippen molar-refractivity contribution in [3.63, 3.8) is 0 Å². The third-order valence-corrected chi connectivity index (χ3v) is 2.44. The van der Waals surface area contributed by atoms with Gasteiger partial charge in [0, 0.05) is 18.1 Å². The van der Waals surface area contributed by atoms with Crippen molar-refractivity contribution in [3.8, 4) is 0 Å². The van der Waals surface area contributed by atoms with E-state index in [1.165, 1.54) is 0 Å². The van der Waals surface area contributed by atoms with Crippen LogP contribution in [-0.4, -0.2) is 28.8 Å². The number of fused-ring (bicyclic) bond motifs is 1. The predicted molar refractivity (Wildman–Crippen MR) is 70.4 cm³/mol. The standard InChI is InChI=1S/C13H15N3O2/c1-9(17)8-15-13(18)16-11-6-2-4-10-5-3-7-14-12(10)11/h2-7,9,17H,8H2,1H3,(H2,15,16,18)/t9-/m1/s1. The van der Waals surface area contributed by atoms with Crippen molar-refractivity contribution in [2.45, 2.75) is 13.0 Å². The highest BCUT2D eigenvalue weighted by molar-refractivity contribution is 5.99. The van der Waals surface area contributed by atoms with E-state index >= 15 is 0 Å². The monoisotopic (exact) mass is 245 g/mol. The molecular weight excluding hydrogens is 230 g/mol. The molecule has 2 rings (SSSR count). The molecule has 0 saturated heterocycles. The number of hydrogen-bond donors (Lipinski definition) is 3. The molecule has 3 N–H and O–H groups in total. The van der Waals surface area contributed by atoms with Gasteiger partial charge in [0.05, 0.1) is 17.3 Å². The summed E-state index contributed by atoms with van der Waals surface area (Å²) in [5, 5.41) is 15.3. The van der Waals surface area contributed by atoms with Crippen LogP contribution in [0.4, 0.5) is 10.5 Å². The Morgan fingerprint density at radius 3 is 2.94 bits per heavy atom. The van der Waals surface area contributed by atoms with Crippen molar-refractivity contribution in [3.05, 3.63) is 36.5 Å². The zero-order valence-corrected chi connectivity index (χ0v) is 10.1. The number of carbonyl (C=O) groups excluding carboxylic acids is 1. The molecule has 0 spiro atoms. The summed E-state index contributed by atoms with van der Waals surface area (Å²) in [7, 11) is 0. The Morgan fingerprint density at radius 1 is 1.39 bits per heavy atom. The molecule has 1 atom stereocenters. The topological polar surface area (TPSA) is 74.2 Å². The van der Waals surface area contributed by atoms with Gasteiger partial charge in [0.25, 0.3) is 0 Å². The molecule has 0 aliphatic heterocycles. The highest BCUT2D eigenvalue weighted by Crippen LogP contribution is 2.20. The van der Waals surface area contributed by atoms with E-state index in [4.69, 9.17) is 5.11 Å². The first-order valence-corrected chi connectivity index (χ1v) is 5.73. The molecule has 2 aromatic rings. The highest BCUT2D eigenvalue weighted by Gasteiger charge is 2.06. The Kier molecular flexibility index (Phi) is 3.74. The number of anilines is 1. The summed E-state index contributed by atoms with van der Waals surface area (Å²) in [6.45, 7) is 1.82. The summed E-state index contributed by atoms with van der Waals surface area (Å²) in [5.41, 5.74) is 1.39. The van der Waals surface area contributed by atoms with Crippen LogP contribution in [0.1, 0.15) is 6.92 Å². The maximum atomic E-state index is 11.6. The molecule has 94 valence electrons. The quantitative estimate of drug-likeness (QED) is 0.771. The SMILES string of the molecule is C[C@@H](O)CNC(=O)Nc1cccc2cccnc12. The minimum absolute atomic E-state index is 0.212. The zero-order chi connectivity index (χ0) is 13.0. The molecule has 0 bridgehead atoms. The van der Waals surface area contributed by atoms with Crippen molar-refractivity contribution in [1.82, 2.24) is 10.3 Å². The molecule has 1 heterocycles. The van der Waals surface area contributed by atoms with E-state index in [-0.39, 0.29) is 12.6 Å². The molecule has 0 fully saturated rings. The number of amides is 2. The second-order valence-electron chi connectivity index (χ2n) is 4.06. The summed E-state index contributed by atoms with van der Waals surface area (Å²) in [5.74, 6) is 0. The zero-order valence-electron chi connectivity index (χ0n) is 10.1. The molecular formula is C13H15N3O2. The first kappa shape index (κ1) is 12.3. The summed E-state index contributed by atoms with van der Waals surface area (Å²) in [6.07, 6.45) is 1.11. The lowest BCUT2D eigenvalue weighted by molar-refractivity contribution is 0.190. The fraction of sp³-hybridized carbons (Fsp3) is 0.231. The van der Waals surface area contributed by atoms with Gasteiger partial charge in [-0.25, -0.2) is 4.79 Å². The lowest BCUT2D eigenvalue weighted by Gasteiger charge is -2.10. The molecule has 5 heteroatoms. The van der Waals surface area contributed by atoms with Crippen molar-refractivity contribution < 1.29 is 9.90 Å². The smallest absolute Gasteiger partial charge is 0.319 e. The Bertz CT molecular complexity index is 549. The second kappa shape index (κ2) is 5.46. The average molecular weight is 245 g/mol. The third kappa shape index (κ3) is 2.95. The molecule has 1 aromatic carbocycles. The number of carbonyl (C=O) groups is 1. The molecule has 0 radical (unpaired) electrons. The van der Waals surface area contributed by atoms with Crippen LogP contribution >= 0.6 is 0 Å². The fourth-order valence-electron chi connectivity index (χ4n) is 1.61. The summed E-state index contributed by atoms with van der Waals surface area (Å²) >= 11 is 0. The largest absolute Gasteiger partial charge is 0.392 e. The Morgan fingerprint density at radius 2 is 2.17 bits per heavy atom. The van der Waals surface area contributed by atoms with E-state index < -0.39 is 6.10 Å². The normalized spacial score (nSPS) is 12.1. The van der Waals surface area contributed by atoms with Crippen LogP contribution in [-0.2, 0) is 0 Å². The van der Waals surface area contributed by atoms with Gasteiger partial charge < -0.3 is 15.7 Å². The van der Waals surface area contributed by atoms with Crippen molar-refractivity contribution >= 4 is 22.6 Å². The minimum atomic E-state index is -0.568. The van der Waals surface area contributed by atoms with Crippen LogP contribution in [0.15, 0.2) is 36.5 Å². The third-order valence-electron chi connectivity index (χ3n) is 2.44. The van der Waals surface area contributed by atoms with Crippen LogP contribution in [0.2, 0.25) is 0 Å². The van der Waals surface area contributed by atoms with E-state index in [1.807, 2.05) is 24.3 Å². The lowest BCUT2D eigenvalue weighted by Crippen LogP contribution is -2.34. The van der Waals surface area contributed by atoms with Crippen LogP contribution in [0.3, 0.4) is 0 Å². The maximum absolute atomic E-state index is 11.6. The van der Waals surface area contributed by atoms with Gasteiger partial charge in [0.1, 0.15) is 0 Å². The molecule has 2 amide bonds. The van der Waals surface area contributed by atoms with Crippen molar-refractivity contribution in [1.29, 1.82) is 0 Å². The van der Waals surface area contributed by atoms with E-state index in [0.717, 1.165) is 10.9 Å². The predicted octanol–water partition coefficient (Wildman–Crippen LogP) is 1.74. The molecule has 0 aliphatic rings. The van der Waals surface area contributed by atoms with Crippen molar-refractivity contribution in [2.75, 3.05) is 11.9 Å². The summed E-state index contributed by atoms with van der Waals surface area (Å²) in [6, 6.07) is 9.00. The van der Waals surface area contributed by atoms with Gasteiger partial charge in [-0.3, -0.25) is 4.98 Å². The number of benzene rings is 1. The van der Waals surface area contributed by atoms with E-state index in [9.17, 15) is 4.79 Å². The number of pyridine rings is 1. The van der Waals surface area contributed by atoms with E-state index in [2.05, 4.69) is 15.6 Å². The molecule has 0 saturated carbocycles. The number of aliphatic hydroxyl groups excluding tert-OH is 1. The molecule has 1 aromatic heterocycles. The van der Waals surface area contributed by atoms with Gasteiger partial charge in [-0.1, -0.05) is 18.2 Å². The molecule has 18 heavy (non-hydrogen) atoms. The molecule has 0 aliphatic carbocycles. The number of aliphatic hydroxyl groups is 1. The van der Waals surface area contributed by atoms with Gasteiger partial charge in [-0.05, 0) is 19.1 Å². The highest BCUT2D eigenvalue weighted by atomic mass is 16.3.